The number of carbonyl (C=O) groups excluding carboxylic acids is 1. The molecule has 1 rings (SSSR count). The van der Waals surface area contributed by atoms with Crippen LogP contribution in [0, 0.1) is 0 Å². The van der Waals surface area contributed by atoms with E-state index in [9.17, 15) is 14.6 Å². The third kappa shape index (κ3) is 6.30. The maximum atomic E-state index is 11.2. The molecule has 0 heterocycles. The predicted octanol–water partition coefficient (Wildman–Crippen LogP) is 1.79. The Hall–Kier alpha value is -1.20. The van der Waals surface area contributed by atoms with Crippen molar-refractivity contribution in [2.24, 2.45) is 0 Å². The lowest BCUT2D eigenvalue weighted by Crippen LogP contribution is -2.37. The second-order valence-corrected chi connectivity index (χ2v) is 6.50. The Labute approximate surface area is 118 Å². The first-order chi connectivity index (χ1) is 9.29. The van der Waals surface area contributed by atoms with Crippen molar-refractivity contribution in [1.29, 1.82) is 0 Å². The fourth-order valence-electron chi connectivity index (χ4n) is 1.94. The van der Waals surface area contributed by atoms with Crippen molar-refractivity contribution in [2.45, 2.75) is 32.2 Å². The Morgan fingerprint density at radius 2 is 1.85 bits per heavy atom. The molecule has 0 aromatic heterocycles. The standard InChI is InChI=1S/C13H20NO5P/c1-11(15)14(16)13(9-10-20(17,18)19)8-7-12-5-3-2-4-6-12/h2-6,13,16H,7-10H2,1H3,(H2,17,18,19). The van der Waals surface area contributed by atoms with Gasteiger partial charge in [0.05, 0.1) is 12.2 Å². The third-order valence-corrected chi connectivity index (χ3v) is 3.87. The highest BCUT2D eigenvalue weighted by atomic mass is 31.2. The maximum absolute atomic E-state index is 11.2. The highest BCUT2D eigenvalue weighted by Gasteiger charge is 2.23. The van der Waals surface area contributed by atoms with E-state index < -0.39 is 19.5 Å². The lowest BCUT2D eigenvalue weighted by molar-refractivity contribution is -0.174. The van der Waals surface area contributed by atoms with Crippen molar-refractivity contribution < 1.29 is 24.4 Å². The first kappa shape index (κ1) is 16.9. The second-order valence-electron chi connectivity index (χ2n) is 4.72. The summed E-state index contributed by atoms with van der Waals surface area (Å²) in [5.74, 6) is -0.534. The summed E-state index contributed by atoms with van der Waals surface area (Å²) >= 11 is 0. The van der Waals surface area contributed by atoms with Gasteiger partial charge < -0.3 is 9.79 Å². The van der Waals surface area contributed by atoms with Crippen LogP contribution in [0.5, 0.6) is 0 Å². The molecule has 0 aliphatic heterocycles. The molecule has 3 N–H and O–H groups in total. The molecule has 0 saturated carbocycles. The Bertz CT molecular complexity index is 473. The molecule has 0 bridgehead atoms. The molecule has 1 unspecified atom stereocenters. The molecule has 20 heavy (non-hydrogen) atoms. The summed E-state index contributed by atoms with van der Waals surface area (Å²) in [7, 11) is -4.13. The van der Waals surface area contributed by atoms with Crippen molar-refractivity contribution in [3.05, 3.63) is 35.9 Å². The van der Waals surface area contributed by atoms with Gasteiger partial charge in [-0.05, 0) is 24.8 Å². The minimum atomic E-state index is -4.13. The number of aryl methyl sites for hydroxylation is 1. The average molecular weight is 301 g/mol. The third-order valence-electron chi connectivity index (χ3n) is 3.03. The van der Waals surface area contributed by atoms with E-state index in [0.29, 0.717) is 17.9 Å². The molecule has 0 aliphatic rings. The van der Waals surface area contributed by atoms with Crippen LogP contribution in [0.25, 0.3) is 0 Å². The SMILES string of the molecule is CC(=O)N(O)C(CCc1ccccc1)CCP(=O)(O)O. The zero-order valence-electron chi connectivity index (χ0n) is 11.3. The summed E-state index contributed by atoms with van der Waals surface area (Å²) in [4.78, 5) is 29.0. The molecule has 0 saturated heterocycles. The second kappa shape index (κ2) is 7.55. The summed E-state index contributed by atoms with van der Waals surface area (Å²) in [5.41, 5.74) is 1.05. The molecule has 0 fully saturated rings. The zero-order valence-corrected chi connectivity index (χ0v) is 12.2. The summed E-state index contributed by atoms with van der Waals surface area (Å²) in [5, 5.41) is 10.3. The minimum absolute atomic E-state index is 0.0627. The lowest BCUT2D eigenvalue weighted by Gasteiger charge is -2.25. The highest BCUT2D eigenvalue weighted by molar-refractivity contribution is 7.51. The van der Waals surface area contributed by atoms with Crippen LogP contribution in [0.4, 0.5) is 0 Å². The first-order valence-corrected chi connectivity index (χ1v) is 8.16. The Kier molecular flexibility index (Phi) is 6.36. The molecule has 7 heteroatoms. The molecular weight excluding hydrogens is 281 g/mol. The molecule has 1 aromatic carbocycles. The molecule has 0 radical (unpaired) electrons. The van der Waals surface area contributed by atoms with E-state index >= 15 is 0 Å². The molecule has 1 amide bonds. The molecular formula is C13H20NO5P. The van der Waals surface area contributed by atoms with Gasteiger partial charge in [0.1, 0.15) is 0 Å². The normalized spacial score (nSPS) is 13.0. The number of carbonyl (C=O) groups is 1. The van der Waals surface area contributed by atoms with E-state index in [4.69, 9.17) is 9.79 Å². The van der Waals surface area contributed by atoms with Crippen LogP contribution in [0.15, 0.2) is 30.3 Å². The van der Waals surface area contributed by atoms with Crippen LogP contribution in [-0.2, 0) is 15.8 Å². The van der Waals surface area contributed by atoms with Crippen molar-refractivity contribution >= 4 is 13.5 Å². The lowest BCUT2D eigenvalue weighted by atomic mass is 10.0. The number of hydrogen-bond acceptors (Lipinski definition) is 3. The van der Waals surface area contributed by atoms with Gasteiger partial charge in [-0.15, -0.1) is 0 Å². The Morgan fingerprint density at radius 1 is 1.25 bits per heavy atom. The van der Waals surface area contributed by atoms with Crippen LogP contribution in [-0.4, -0.2) is 38.2 Å². The largest absolute Gasteiger partial charge is 0.325 e. The number of rotatable bonds is 7. The van der Waals surface area contributed by atoms with Crippen molar-refractivity contribution in [1.82, 2.24) is 5.06 Å². The number of benzene rings is 1. The summed E-state index contributed by atoms with van der Waals surface area (Å²) in [6.07, 6.45) is 0.779. The molecule has 0 spiro atoms. The maximum Gasteiger partial charge on any atom is 0.325 e. The fraction of sp³-hybridized carbons (Fsp3) is 0.462. The van der Waals surface area contributed by atoms with E-state index in [2.05, 4.69) is 0 Å². The number of amides is 1. The Balaban J connectivity index is 2.63. The smallest absolute Gasteiger partial charge is 0.324 e. The van der Waals surface area contributed by atoms with Crippen LogP contribution < -0.4 is 0 Å². The monoisotopic (exact) mass is 301 g/mol. The molecule has 112 valence electrons. The van der Waals surface area contributed by atoms with Gasteiger partial charge >= 0.3 is 7.60 Å². The van der Waals surface area contributed by atoms with Gasteiger partial charge in [-0.2, -0.15) is 0 Å². The summed E-state index contributed by atoms with van der Waals surface area (Å²) in [6, 6.07) is 8.93. The van der Waals surface area contributed by atoms with Crippen LogP contribution >= 0.6 is 7.60 Å². The number of nitrogens with zero attached hydrogens (tertiary/aromatic N) is 1. The quantitative estimate of drug-likeness (QED) is 0.405. The summed E-state index contributed by atoms with van der Waals surface area (Å²) in [6.45, 7) is 1.22. The number of hydroxylamine groups is 2. The minimum Gasteiger partial charge on any atom is -0.324 e. The topological polar surface area (TPSA) is 98.1 Å². The zero-order chi connectivity index (χ0) is 15.2. The average Bonchev–Trinajstić information content (AvgIpc) is 2.38. The Morgan fingerprint density at radius 3 is 2.35 bits per heavy atom. The van der Waals surface area contributed by atoms with Crippen molar-refractivity contribution in [3.8, 4) is 0 Å². The van der Waals surface area contributed by atoms with Crippen LogP contribution in [0.1, 0.15) is 25.3 Å². The first-order valence-electron chi connectivity index (χ1n) is 6.37. The van der Waals surface area contributed by atoms with E-state index in [1.165, 1.54) is 6.92 Å². The fourth-order valence-corrected chi connectivity index (χ4v) is 2.58. The molecule has 6 nitrogen and oxygen atoms in total. The van der Waals surface area contributed by atoms with E-state index in [-0.39, 0.29) is 12.6 Å². The van der Waals surface area contributed by atoms with Crippen LogP contribution in [0.3, 0.4) is 0 Å². The van der Waals surface area contributed by atoms with Gasteiger partial charge in [0.15, 0.2) is 0 Å². The van der Waals surface area contributed by atoms with Gasteiger partial charge in [0.2, 0.25) is 5.91 Å². The predicted molar refractivity (Wildman–Crippen MR) is 74.4 cm³/mol. The molecule has 1 atom stereocenters. The van der Waals surface area contributed by atoms with Gasteiger partial charge in [-0.3, -0.25) is 14.6 Å². The van der Waals surface area contributed by atoms with Crippen molar-refractivity contribution in [2.75, 3.05) is 6.16 Å². The summed E-state index contributed by atoms with van der Waals surface area (Å²) < 4.78 is 10.9. The highest BCUT2D eigenvalue weighted by Crippen LogP contribution is 2.36. The van der Waals surface area contributed by atoms with Gasteiger partial charge in [0, 0.05) is 6.92 Å². The van der Waals surface area contributed by atoms with Gasteiger partial charge in [-0.25, -0.2) is 5.06 Å². The van der Waals surface area contributed by atoms with E-state index in [0.717, 1.165) is 5.56 Å². The van der Waals surface area contributed by atoms with Gasteiger partial charge in [0.25, 0.3) is 0 Å². The molecule has 1 aromatic rings. The van der Waals surface area contributed by atoms with Gasteiger partial charge in [-0.1, -0.05) is 30.3 Å². The molecule has 0 aliphatic carbocycles. The number of hydrogen-bond donors (Lipinski definition) is 3. The van der Waals surface area contributed by atoms with Crippen LogP contribution in [0.2, 0.25) is 0 Å². The van der Waals surface area contributed by atoms with E-state index in [1.807, 2.05) is 30.3 Å². The van der Waals surface area contributed by atoms with E-state index in [1.54, 1.807) is 0 Å². The van der Waals surface area contributed by atoms with Crippen molar-refractivity contribution in [3.63, 3.8) is 0 Å².